The summed E-state index contributed by atoms with van der Waals surface area (Å²) in [7, 11) is -3.27. The van der Waals surface area contributed by atoms with Gasteiger partial charge in [-0.1, -0.05) is 22.9 Å². The van der Waals surface area contributed by atoms with Crippen molar-refractivity contribution in [1.29, 1.82) is 0 Å². The third-order valence-electron chi connectivity index (χ3n) is 1.97. The second-order valence-electron chi connectivity index (χ2n) is 3.14. The zero-order chi connectivity index (χ0) is 11.8. The van der Waals surface area contributed by atoms with Crippen molar-refractivity contribution in [3.05, 3.63) is 23.2 Å². The number of benzene rings is 1. The molecular weight excluding hydrogens is 268 g/mol. The van der Waals surface area contributed by atoms with Crippen LogP contribution in [0.15, 0.2) is 18.2 Å². The van der Waals surface area contributed by atoms with Gasteiger partial charge in [-0.2, -0.15) is 0 Å². The average Bonchev–Trinajstić information content (AvgIpc) is 2.58. The molecule has 0 unspecified atom stereocenters. The molecule has 2 aromatic rings. The molecular formula is C9H9ClN2O2S2. The first-order valence-corrected chi connectivity index (χ1v) is 7.41. The summed E-state index contributed by atoms with van der Waals surface area (Å²) in [5, 5.41) is 0.986. The molecule has 0 saturated carbocycles. The summed E-state index contributed by atoms with van der Waals surface area (Å²) < 4.78 is 26.0. The summed E-state index contributed by atoms with van der Waals surface area (Å²) in [5.74, 6) is 0.0314. The van der Waals surface area contributed by atoms with Crippen LogP contribution in [0, 0.1) is 0 Å². The lowest BCUT2D eigenvalue weighted by atomic mass is 10.3. The molecule has 0 fully saturated rings. The van der Waals surface area contributed by atoms with E-state index in [1.807, 2.05) is 0 Å². The van der Waals surface area contributed by atoms with Crippen molar-refractivity contribution < 1.29 is 8.42 Å². The number of nitrogens with zero attached hydrogens (tertiary/aromatic N) is 1. The summed E-state index contributed by atoms with van der Waals surface area (Å²) in [6.07, 6.45) is 0. The van der Waals surface area contributed by atoms with Gasteiger partial charge in [-0.05, 0) is 25.1 Å². The number of hydrogen-bond acceptors (Lipinski definition) is 4. The maximum absolute atomic E-state index is 11.3. The Balaban J connectivity index is 2.40. The summed E-state index contributed by atoms with van der Waals surface area (Å²) in [4.78, 5) is 4.16. The molecule has 0 radical (unpaired) electrons. The van der Waals surface area contributed by atoms with Crippen molar-refractivity contribution in [1.82, 2.24) is 4.98 Å². The highest BCUT2D eigenvalue weighted by molar-refractivity contribution is 7.92. The predicted molar refractivity (Wildman–Crippen MR) is 67.7 cm³/mol. The summed E-state index contributed by atoms with van der Waals surface area (Å²) in [6.45, 7) is 1.58. The van der Waals surface area contributed by atoms with Gasteiger partial charge in [0.2, 0.25) is 10.0 Å². The van der Waals surface area contributed by atoms with E-state index >= 15 is 0 Å². The van der Waals surface area contributed by atoms with Gasteiger partial charge in [0, 0.05) is 5.02 Å². The second-order valence-corrected chi connectivity index (χ2v) is 6.61. The summed E-state index contributed by atoms with van der Waals surface area (Å²) >= 11 is 7.10. The number of halogens is 1. The Morgan fingerprint density at radius 2 is 2.25 bits per heavy atom. The maximum Gasteiger partial charge on any atom is 0.234 e. The number of anilines is 1. The molecule has 1 N–H and O–H groups in total. The molecule has 86 valence electrons. The van der Waals surface area contributed by atoms with Gasteiger partial charge >= 0.3 is 0 Å². The van der Waals surface area contributed by atoms with Crippen LogP contribution >= 0.6 is 22.9 Å². The van der Waals surface area contributed by atoms with Crippen LogP contribution in [0.25, 0.3) is 10.2 Å². The fraction of sp³-hybridized carbons (Fsp3) is 0.222. The van der Waals surface area contributed by atoms with E-state index in [2.05, 4.69) is 9.71 Å². The zero-order valence-electron chi connectivity index (χ0n) is 8.40. The number of aromatic nitrogens is 1. The Labute approximate surface area is 102 Å². The second kappa shape index (κ2) is 4.20. The highest BCUT2D eigenvalue weighted by Crippen LogP contribution is 2.28. The lowest BCUT2D eigenvalue weighted by Gasteiger charge is -1.99. The zero-order valence-corrected chi connectivity index (χ0v) is 10.8. The smallest absolute Gasteiger partial charge is 0.234 e. The minimum atomic E-state index is -3.27. The Hall–Kier alpha value is -0.850. The van der Waals surface area contributed by atoms with Crippen molar-refractivity contribution in [2.24, 2.45) is 0 Å². The topological polar surface area (TPSA) is 59.1 Å². The fourth-order valence-electron chi connectivity index (χ4n) is 1.15. The molecule has 1 aromatic heterocycles. The normalized spacial score (nSPS) is 11.9. The van der Waals surface area contributed by atoms with E-state index in [-0.39, 0.29) is 5.75 Å². The standard InChI is InChI=1S/C9H9ClN2O2S2/c1-2-16(13,14)12-9-11-7-4-3-6(10)5-8(7)15-9/h3-5H,2H2,1H3,(H,11,12). The lowest BCUT2D eigenvalue weighted by molar-refractivity contribution is 0.602. The molecule has 0 aliphatic heterocycles. The van der Waals surface area contributed by atoms with Crippen molar-refractivity contribution >= 4 is 48.3 Å². The molecule has 7 heteroatoms. The van der Waals surface area contributed by atoms with Crippen LogP contribution in [0.2, 0.25) is 5.02 Å². The number of fused-ring (bicyclic) bond motifs is 1. The monoisotopic (exact) mass is 276 g/mol. The Kier molecular flexibility index (Phi) is 3.05. The Bertz CT molecular complexity index is 621. The molecule has 1 heterocycles. The Morgan fingerprint density at radius 1 is 1.50 bits per heavy atom. The van der Waals surface area contributed by atoms with Crippen molar-refractivity contribution in [2.75, 3.05) is 10.5 Å². The van der Waals surface area contributed by atoms with E-state index in [0.717, 1.165) is 10.2 Å². The van der Waals surface area contributed by atoms with Crippen LogP contribution < -0.4 is 4.72 Å². The Morgan fingerprint density at radius 3 is 2.94 bits per heavy atom. The van der Waals surface area contributed by atoms with Gasteiger partial charge in [0.1, 0.15) is 0 Å². The first-order chi connectivity index (χ1) is 7.50. The average molecular weight is 277 g/mol. The van der Waals surface area contributed by atoms with Crippen LogP contribution in [0.3, 0.4) is 0 Å². The molecule has 16 heavy (non-hydrogen) atoms. The van der Waals surface area contributed by atoms with E-state index in [4.69, 9.17) is 11.6 Å². The van der Waals surface area contributed by atoms with E-state index in [0.29, 0.717) is 10.2 Å². The summed E-state index contributed by atoms with van der Waals surface area (Å²) in [5.41, 5.74) is 0.739. The predicted octanol–water partition coefficient (Wildman–Crippen LogP) is 2.71. The van der Waals surface area contributed by atoms with Crippen LogP contribution in [-0.4, -0.2) is 19.2 Å². The molecule has 0 spiro atoms. The number of hydrogen-bond donors (Lipinski definition) is 1. The van der Waals surface area contributed by atoms with Crippen LogP contribution in [0.4, 0.5) is 5.13 Å². The van der Waals surface area contributed by atoms with Crippen LogP contribution in [-0.2, 0) is 10.0 Å². The first kappa shape index (κ1) is 11.6. The quantitative estimate of drug-likeness (QED) is 0.938. The van der Waals surface area contributed by atoms with Gasteiger partial charge in [-0.3, -0.25) is 4.72 Å². The maximum atomic E-state index is 11.3. The molecule has 2 rings (SSSR count). The molecule has 0 aliphatic rings. The molecule has 0 bridgehead atoms. The van der Waals surface area contributed by atoms with Crippen molar-refractivity contribution in [3.8, 4) is 0 Å². The van der Waals surface area contributed by atoms with Gasteiger partial charge in [-0.15, -0.1) is 0 Å². The minimum Gasteiger partial charge on any atom is -0.259 e. The van der Waals surface area contributed by atoms with Crippen LogP contribution in [0.1, 0.15) is 6.92 Å². The van der Waals surface area contributed by atoms with Crippen molar-refractivity contribution in [2.45, 2.75) is 6.92 Å². The summed E-state index contributed by atoms with van der Waals surface area (Å²) in [6, 6.07) is 5.25. The van der Waals surface area contributed by atoms with Gasteiger partial charge in [0.15, 0.2) is 5.13 Å². The van der Waals surface area contributed by atoms with Gasteiger partial charge < -0.3 is 0 Å². The van der Waals surface area contributed by atoms with E-state index < -0.39 is 10.0 Å². The van der Waals surface area contributed by atoms with Gasteiger partial charge in [0.25, 0.3) is 0 Å². The first-order valence-electron chi connectivity index (χ1n) is 4.57. The van der Waals surface area contributed by atoms with E-state index in [1.54, 1.807) is 25.1 Å². The van der Waals surface area contributed by atoms with Gasteiger partial charge in [-0.25, -0.2) is 13.4 Å². The number of nitrogens with one attached hydrogen (secondary N) is 1. The lowest BCUT2D eigenvalue weighted by Crippen LogP contribution is -2.14. The third-order valence-corrected chi connectivity index (χ3v) is 4.54. The molecule has 0 atom stereocenters. The molecule has 0 aliphatic carbocycles. The minimum absolute atomic E-state index is 0.0314. The highest BCUT2D eigenvalue weighted by atomic mass is 35.5. The number of rotatable bonds is 3. The molecule has 1 aromatic carbocycles. The van der Waals surface area contributed by atoms with Crippen molar-refractivity contribution in [3.63, 3.8) is 0 Å². The fourth-order valence-corrected chi connectivity index (χ4v) is 3.14. The van der Waals surface area contributed by atoms with Crippen LogP contribution in [0.5, 0.6) is 0 Å². The van der Waals surface area contributed by atoms with E-state index in [1.165, 1.54) is 11.3 Å². The highest BCUT2D eigenvalue weighted by Gasteiger charge is 2.10. The molecule has 0 amide bonds. The van der Waals surface area contributed by atoms with E-state index in [9.17, 15) is 8.42 Å². The molecule has 4 nitrogen and oxygen atoms in total. The van der Waals surface area contributed by atoms with Gasteiger partial charge in [0.05, 0.1) is 16.0 Å². The largest absolute Gasteiger partial charge is 0.259 e. The molecule has 0 saturated heterocycles. The number of thiazole rings is 1. The third kappa shape index (κ3) is 2.45. The number of sulfonamides is 1. The SMILES string of the molecule is CCS(=O)(=O)Nc1nc2ccc(Cl)cc2s1.